The van der Waals surface area contributed by atoms with E-state index in [1.807, 2.05) is 37.3 Å². The lowest BCUT2D eigenvalue weighted by Crippen LogP contribution is -2.35. The zero-order valence-corrected chi connectivity index (χ0v) is 17.7. The Morgan fingerprint density at radius 1 is 1.00 bits per heavy atom. The van der Waals surface area contributed by atoms with Crippen LogP contribution in [0.2, 0.25) is 0 Å². The van der Waals surface area contributed by atoms with Crippen LogP contribution in [0.4, 0.5) is 0 Å². The molecule has 1 fully saturated rings. The Morgan fingerprint density at radius 3 is 2.31 bits per heavy atom. The standard InChI is InChI=1S/C23H30N2O3S/c1-19-10-13-22(14-11-19)29(27,28)24-23(20-8-4-2-5-9-20)15-12-21(26)18-25-16-6-3-7-17-25/h2,4-5,8-15,21,23-24,26H,3,6-7,16-18H2,1H3/b15-12+/t21-,23+/m1/s1. The maximum Gasteiger partial charge on any atom is 0.241 e. The van der Waals surface area contributed by atoms with E-state index < -0.39 is 22.2 Å². The second kappa shape index (κ2) is 10.2. The number of β-amino-alcohol motifs (C(OH)–C–C–N with tert-alkyl or cyclic N) is 1. The van der Waals surface area contributed by atoms with Gasteiger partial charge in [-0.05, 0) is 50.6 Å². The van der Waals surface area contributed by atoms with Crippen LogP contribution in [0.3, 0.4) is 0 Å². The highest BCUT2D eigenvalue weighted by molar-refractivity contribution is 7.89. The molecule has 29 heavy (non-hydrogen) atoms. The van der Waals surface area contributed by atoms with Gasteiger partial charge in [-0.25, -0.2) is 8.42 Å². The lowest BCUT2D eigenvalue weighted by molar-refractivity contribution is 0.131. The Hall–Kier alpha value is -1.99. The molecule has 5 nitrogen and oxygen atoms in total. The van der Waals surface area contributed by atoms with Crippen LogP contribution in [0.1, 0.15) is 36.4 Å². The minimum Gasteiger partial charge on any atom is -0.388 e. The average molecular weight is 415 g/mol. The van der Waals surface area contributed by atoms with Crippen LogP contribution in [-0.4, -0.2) is 44.2 Å². The lowest BCUT2D eigenvalue weighted by Gasteiger charge is -2.27. The quantitative estimate of drug-likeness (QED) is 0.650. The van der Waals surface area contributed by atoms with Crippen molar-refractivity contribution in [3.8, 4) is 0 Å². The van der Waals surface area contributed by atoms with Crippen LogP contribution in [0, 0.1) is 6.92 Å². The van der Waals surface area contributed by atoms with E-state index in [4.69, 9.17) is 0 Å². The molecule has 6 heteroatoms. The number of likely N-dealkylation sites (tertiary alicyclic amines) is 1. The monoisotopic (exact) mass is 414 g/mol. The molecule has 1 aliphatic rings. The van der Waals surface area contributed by atoms with Crippen molar-refractivity contribution in [3.05, 3.63) is 77.9 Å². The van der Waals surface area contributed by atoms with Crippen LogP contribution in [0.25, 0.3) is 0 Å². The van der Waals surface area contributed by atoms with E-state index in [2.05, 4.69) is 9.62 Å². The molecular weight excluding hydrogens is 384 g/mol. The van der Waals surface area contributed by atoms with Crippen LogP contribution in [-0.2, 0) is 10.0 Å². The number of nitrogens with one attached hydrogen (secondary N) is 1. The zero-order chi connectivity index (χ0) is 20.7. The number of hydrogen-bond donors (Lipinski definition) is 2. The smallest absolute Gasteiger partial charge is 0.241 e. The third-order valence-corrected chi connectivity index (χ3v) is 6.65. The summed E-state index contributed by atoms with van der Waals surface area (Å²) in [6, 6.07) is 15.6. The summed E-state index contributed by atoms with van der Waals surface area (Å²) in [6.45, 7) is 4.51. The predicted octanol–water partition coefficient (Wildman–Crippen LogP) is 3.42. The van der Waals surface area contributed by atoms with Gasteiger partial charge in [0.2, 0.25) is 10.0 Å². The average Bonchev–Trinajstić information content (AvgIpc) is 2.73. The maximum absolute atomic E-state index is 12.9. The summed E-state index contributed by atoms with van der Waals surface area (Å²) in [7, 11) is -3.69. The molecule has 0 bridgehead atoms. The largest absolute Gasteiger partial charge is 0.388 e. The molecule has 0 aliphatic carbocycles. The fraction of sp³-hybridized carbons (Fsp3) is 0.391. The van der Waals surface area contributed by atoms with Crippen molar-refractivity contribution >= 4 is 10.0 Å². The number of aliphatic hydroxyl groups excluding tert-OH is 1. The van der Waals surface area contributed by atoms with E-state index in [1.165, 1.54) is 19.3 Å². The fourth-order valence-electron chi connectivity index (χ4n) is 3.54. The zero-order valence-electron chi connectivity index (χ0n) is 16.9. The van der Waals surface area contributed by atoms with Gasteiger partial charge in [0.25, 0.3) is 0 Å². The number of piperidine rings is 1. The van der Waals surface area contributed by atoms with Gasteiger partial charge in [0.15, 0.2) is 0 Å². The molecular formula is C23H30N2O3S. The Balaban J connectivity index is 1.75. The van der Waals surface area contributed by atoms with E-state index in [1.54, 1.807) is 36.4 Å². The third kappa shape index (κ3) is 6.51. The molecule has 0 radical (unpaired) electrons. The predicted molar refractivity (Wildman–Crippen MR) is 116 cm³/mol. The highest BCUT2D eigenvalue weighted by Crippen LogP contribution is 2.19. The normalized spacial score (nSPS) is 18.0. The molecule has 1 aliphatic heterocycles. The van der Waals surface area contributed by atoms with E-state index in [0.717, 1.165) is 24.2 Å². The number of nitrogens with zero attached hydrogens (tertiary/aromatic N) is 1. The molecule has 2 aromatic carbocycles. The molecule has 2 aromatic rings. The van der Waals surface area contributed by atoms with Crippen LogP contribution in [0.15, 0.2) is 71.6 Å². The first kappa shape index (κ1) is 21.7. The molecule has 0 amide bonds. The van der Waals surface area contributed by atoms with Crippen molar-refractivity contribution in [2.75, 3.05) is 19.6 Å². The molecule has 0 unspecified atom stereocenters. The van der Waals surface area contributed by atoms with Crippen LogP contribution >= 0.6 is 0 Å². The van der Waals surface area contributed by atoms with Crippen LogP contribution < -0.4 is 4.72 Å². The Kier molecular flexibility index (Phi) is 7.61. The topological polar surface area (TPSA) is 69.6 Å². The molecule has 2 N–H and O–H groups in total. The number of aliphatic hydroxyl groups is 1. The van der Waals surface area contributed by atoms with E-state index in [0.29, 0.717) is 6.54 Å². The Morgan fingerprint density at radius 2 is 1.66 bits per heavy atom. The molecule has 0 saturated carbocycles. The number of aryl methyl sites for hydroxylation is 1. The molecule has 156 valence electrons. The van der Waals surface area contributed by atoms with Gasteiger partial charge in [-0.1, -0.05) is 66.6 Å². The van der Waals surface area contributed by atoms with Crippen molar-refractivity contribution < 1.29 is 13.5 Å². The van der Waals surface area contributed by atoms with E-state index in [-0.39, 0.29) is 4.90 Å². The second-order valence-corrected chi connectivity index (χ2v) is 9.35. The summed E-state index contributed by atoms with van der Waals surface area (Å²) in [4.78, 5) is 2.48. The highest BCUT2D eigenvalue weighted by Gasteiger charge is 2.20. The Labute approximate surface area is 174 Å². The molecule has 2 atom stereocenters. The second-order valence-electron chi connectivity index (χ2n) is 7.64. The van der Waals surface area contributed by atoms with Crippen molar-refractivity contribution in [1.82, 2.24) is 9.62 Å². The minimum atomic E-state index is -3.69. The van der Waals surface area contributed by atoms with Gasteiger partial charge in [-0.3, -0.25) is 0 Å². The van der Waals surface area contributed by atoms with E-state index in [9.17, 15) is 13.5 Å². The maximum atomic E-state index is 12.9. The highest BCUT2D eigenvalue weighted by atomic mass is 32.2. The number of rotatable bonds is 8. The van der Waals surface area contributed by atoms with Gasteiger partial charge in [0.05, 0.1) is 17.0 Å². The first-order chi connectivity index (χ1) is 13.9. The van der Waals surface area contributed by atoms with Gasteiger partial charge in [-0.2, -0.15) is 4.72 Å². The lowest BCUT2D eigenvalue weighted by atomic mass is 10.1. The van der Waals surface area contributed by atoms with Gasteiger partial charge < -0.3 is 10.0 Å². The third-order valence-electron chi connectivity index (χ3n) is 5.19. The van der Waals surface area contributed by atoms with Crippen LogP contribution in [0.5, 0.6) is 0 Å². The number of benzene rings is 2. The summed E-state index contributed by atoms with van der Waals surface area (Å²) in [5.41, 5.74) is 1.83. The van der Waals surface area contributed by atoms with Gasteiger partial charge in [0, 0.05) is 6.54 Å². The van der Waals surface area contributed by atoms with Gasteiger partial charge in [0.1, 0.15) is 0 Å². The van der Waals surface area contributed by atoms with Crippen molar-refractivity contribution in [1.29, 1.82) is 0 Å². The molecule has 0 aromatic heterocycles. The summed E-state index contributed by atoms with van der Waals surface area (Å²) in [5, 5.41) is 10.4. The number of sulfonamides is 1. The molecule has 0 spiro atoms. The molecule has 3 rings (SSSR count). The fourth-order valence-corrected chi connectivity index (χ4v) is 4.72. The van der Waals surface area contributed by atoms with E-state index >= 15 is 0 Å². The van der Waals surface area contributed by atoms with Crippen molar-refractivity contribution in [2.45, 2.75) is 43.2 Å². The Bertz CT molecular complexity index is 889. The van der Waals surface area contributed by atoms with Gasteiger partial charge >= 0.3 is 0 Å². The van der Waals surface area contributed by atoms with Crippen molar-refractivity contribution in [3.63, 3.8) is 0 Å². The van der Waals surface area contributed by atoms with Crippen molar-refractivity contribution in [2.24, 2.45) is 0 Å². The van der Waals surface area contributed by atoms with Gasteiger partial charge in [-0.15, -0.1) is 0 Å². The minimum absolute atomic E-state index is 0.228. The summed E-state index contributed by atoms with van der Waals surface area (Å²) >= 11 is 0. The first-order valence-electron chi connectivity index (χ1n) is 10.2. The molecule has 1 saturated heterocycles. The summed E-state index contributed by atoms with van der Waals surface area (Å²) in [6.07, 6.45) is 6.39. The molecule has 1 heterocycles. The SMILES string of the molecule is Cc1ccc(S(=O)(=O)N[C@@H](/C=C/[C@@H](O)CN2CCCCC2)c2ccccc2)cc1. The first-order valence-corrected chi connectivity index (χ1v) is 11.6. The summed E-state index contributed by atoms with van der Waals surface area (Å²) < 4.78 is 28.5. The summed E-state index contributed by atoms with van der Waals surface area (Å²) in [5.74, 6) is 0. The number of hydrogen-bond acceptors (Lipinski definition) is 4.